The van der Waals surface area contributed by atoms with Crippen LogP contribution in [0, 0.1) is 5.92 Å². The third kappa shape index (κ3) is 2.17. The molecule has 0 atom stereocenters. The number of anilines is 1. The quantitative estimate of drug-likeness (QED) is 0.825. The van der Waals surface area contributed by atoms with Crippen molar-refractivity contribution in [2.45, 2.75) is 25.9 Å². The Bertz CT molecular complexity index is 550. The molecular formula is C12H16N2O2S. The van der Waals surface area contributed by atoms with Gasteiger partial charge in [-0.3, -0.25) is 0 Å². The van der Waals surface area contributed by atoms with Crippen molar-refractivity contribution in [1.82, 2.24) is 4.31 Å². The maximum absolute atomic E-state index is 12.1. The van der Waals surface area contributed by atoms with Crippen LogP contribution in [0.5, 0.6) is 0 Å². The number of nitrogen functional groups attached to an aromatic ring is 1. The van der Waals surface area contributed by atoms with Gasteiger partial charge in [0.1, 0.15) is 0 Å². The predicted octanol–water partition coefficient (Wildman–Crippen LogP) is 1.32. The van der Waals surface area contributed by atoms with Gasteiger partial charge in [0.2, 0.25) is 10.0 Å². The van der Waals surface area contributed by atoms with Crippen molar-refractivity contribution >= 4 is 15.7 Å². The monoisotopic (exact) mass is 252 g/mol. The van der Waals surface area contributed by atoms with Crippen molar-refractivity contribution in [3.8, 4) is 0 Å². The maximum atomic E-state index is 12.1. The molecule has 0 aromatic heterocycles. The van der Waals surface area contributed by atoms with Gasteiger partial charge in [-0.2, -0.15) is 4.31 Å². The average Bonchev–Trinajstić information content (AvgIpc) is 2.94. The Balaban J connectivity index is 1.81. The van der Waals surface area contributed by atoms with Gasteiger partial charge in [0.15, 0.2) is 0 Å². The molecule has 2 N–H and O–H groups in total. The van der Waals surface area contributed by atoms with Crippen LogP contribution in [-0.4, -0.2) is 18.5 Å². The molecule has 1 aliphatic heterocycles. The molecule has 1 aromatic rings. The largest absolute Gasteiger partial charge is 0.399 e. The highest BCUT2D eigenvalue weighted by Crippen LogP contribution is 2.34. The minimum atomic E-state index is -3.08. The van der Waals surface area contributed by atoms with Crippen molar-refractivity contribution in [2.24, 2.45) is 5.92 Å². The summed E-state index contributed by atoms with van der Waals surface area (Å²) in [6.07, 6.45) is 2.12. The Hall–Kier alpha value is -1.07. The summed E-state index contributed by atoms with van der Waals surface area (Å²) in [7, 11) is -3.08. The molecule has 0 spiro atoms. The number of hydrogen-bond acceptors (Lipinski definition) is 3. The van der Waals surface area contributed by atoms with Gasteiger partial charge in [0, 0.05) is 18.8 Å². The molecule has 2 aliphatic rings. The number of sulfonamides is 1. The van der Waals surface area contributed by atoms with Crippen LogP contribution in [-0.2, 0) is 23.1 Å². The zero-order chi connectivity index (χ0) is 12.0. The SMILES string of the molecule is Nc1ccc2c(c1)CN(S(=O)(=O)CC1CC1)C2. The Morgan fingerprint density at radius 2 is 1.94 bits per heavy atom. The normalized spacial score (nSPS) is 20.5. The Labute approximate surface area is 101 Å². The van der Waals surface area contributed by atoms with Crippen molar-refractivity contribution in [3.05, 3.63) is 29.3 Å². The standard InChI is InChI=1S/C12H16N2O2S/c13-12-4-3-10-6-14(7-11(10)5-12)17(15,16)8-9-1-2-9/h3-5,9H,1-2,6-8,13H2. The van der Waals surface area contributed by atoms with Crippen LogP contribution >= 0.6 is 0 Å². The fourth-order valence-corrected chi connectivity index (χ4v) is 4.08. The van der Waals surface area contributed by atoms with E-state index in [1.54, 1.807) is 4.31 Å². The molecule has 1 heterocycles. The van der Waals surface area contributed by atoms with Crippen molar-refractivity contribution in [1.29, 1.82) is 0 Å². The molecule has 1 aliphatic carbocycles. The smallest absolute Gasteiger partial charge is 0.214 e. The molecule has 0 amide bonds. The first-order valence-electron chi connectivity index (χ1n) is 5.90. The van der Waals surface area contributed by atoms with E-state index in [4.69, 9.17) is 5.73 Å². The highest BCUT2D eigenvalue weighted by molar-refractivity contribution is 7.89. The summed E-state index contributed by atoms with van der Waals surface area (Å²) in [5, 5.41) is 0. The van der Waals surface area contributed by atoms with Crippen LogP contribution in [0.1, 0.15) is 24.0 Å². The van der Waals surface area contributed by atoms with Crippen LogP contribution in [0.15, 0.2) is 18.2 Å². The maximum Gasteiger partial charge on any atom is 0.214 e. The van der Waals surface area contributed by atoms with Gasteiger partial charge in [-0.15, -0.1) is 0 Å². The summed E-state index contributed by atoms with van der Waals surface area (Å²) in [4.78, 5) is 0. The van der Waals surface area contributed by atoms with Gasteiger partial charge in [0.05, 0.1) is 5.75 Å². The molecule has 4 nitrogen and oxygen atoms in total. The average molecular weight is 252 g/mol. The lowest BCUT2D eigenvalue weighted by atomic mass is 10.1. The molecule has 0 bridgehead atoms. The van der Waals surface area contributed by atoms with Gasteiger partial charge in [-0.25, -0.2) is 8.42 Å². The van der Waals surface area contributed by atoms with Crippen LogP contribution in [0.25, 0.3) is 0 Å². The molecule has 0 saturated heterocycles. The van der Waals surface area contributed by atoms with E-state index in [1.165, 1.54) is 0 Å². The summed E-state index contributed by atoms with van der Waals surface area (Å²) < 4.78 is 25.8. The lowest BCUT2D eigenvalue weighted by Gasteiger charge is -2.14. The molecule has 3 rings (SSSR count). The van der Waals surface area contributed by atoms with Crippen molar-refractivity contribution in [3.63, 3.8) is 0 Å². The number of nitrogens with two attached hydrogens (primary N) is 1. The molecule has 5 heteroatoms. The summed E-state index contributed by atoms with van der Waals surface area (Å²) in [6, 6.07) is 5.63. The Morgan fingerprint density at radius 1 is 1.24 bits per heavy atom. The number of fused-ring (bicyclic) bond motifs is 1. The number of benzene rings is 1. The topological polar surface area (TPSA) is 63.4 Å². The van der Waals surface area contributed by atoms with Gasteiger partial charge >= 0.3 is 0 Å². The Morgan fingerprint density at radius 3 is 2.65 bits per heavy atom. The minimum absolute atomic E-state index is 0.316. The summed E-state index contributed by atoms with van der Waals surface area (Å²) >= 11 is 0. The molecule has 1 saturated carbocycles. The Kier molecular flexibility index (Phi) is 2.41. The van der Waals surface area contributed by atoms with Crippen LogP contribution in [0.2, 0.25) is 0 Å². The third-order valence-electron chi connectivity index (χ3n) is 3.46. The molecule has 1 fully saturated rings. The fourth-order valence-electron chi connectivity index (χ4n) is 2.27. The fraction of sp³-hybridized carbons (Fsp3) is 0.500. The van der Waals surface area contributed by atoms with E-state index in [1.807, 2.05) is 18.2 Å². The number of nitrogens with zero attached hydrogens (tertiary/aromatic N) is 1. The van der Waals surface area contributed by atoms with Gasteiger partial charge < -0.3 is 5.73 Å². The van der Waals surface area contributed by atoms with Crippen molar-refractivity contribution in [2.75, 3.05) is 11.5 Å². The van der Waals surface area contributed by atoms with Crippen LogP contribution < -0.4 is 5.73 Å². The van der Waals surface area contributed by atoms with Crippen LogP contribution in [0.3, 0.4) is 0 Å². The van der Waals surface area contributed by atoms with E-state index in [0.717, 1.165) is 24.0 Å². The van der Waals surface area contributed by atoms with E-state index in [9.17, 15) is 8.42 Å². The minimum Gasteiger partial charge on any atom is -0.399 e. The first-order chi connectivity index (χ1) is 8.04. The van der Waals surface area contributed by atoms with Crippen molar-refractivity contribution < 1.29 is 8.42 Å². The second-order valence-electron chi connectivity index (χ2n) is 5.02. The number of hydrogen-bond donors (Lipinski definition) is 1. The molecule has 17 heavy (non-hydrogen) atoms. The van der Waals surface area contributed by atoms with E-state index < -0.39 is 10.0 Å². The lowest BCUT2D eigenvalue weighted by molar-refractivity contribution is 0.430. The summed E-state index contributed by atoms with van der Waals surface area (Å²) in [5.74, 6) is 0.713. The van der Waals surface area contributed by atoms with Crippen LogP contribution in [0.4, 0.5) is 5.69 Å². The first-order valence-corrected chi connectivity index (χ1v) is 7.50. The van der Waals surface area contributed by atoms with E-state index in [0.29, 0.717) is 30.4 Å². The molecule has 0 radical (unpaired) electrons. The first kappa shape index (κ1) is 11.0. The molecule has 0 unspecified atom stereocenters. The van der Waals surface area contributed by atoms with E-state index >= 15 is 0 Å². The zero-order valence-corrected chi connectivity index (χ0v) is 10.4. The van der Waals surface area contributed by atoms with Gasteiger partial charge in [-0.05, 0) is 42.0 Å². The lowest BCUT2D eigenvalue weighted by Crippen LogP contribution is -2.28. The summed E-state index contributed by atoms with van der Waals surface area (Å²) in [5.41, 5.74) is 8.54. The zero-order valence-electron chi connectivity index (χ0n) is 9.59. The second-order valence-corrected chi connectivity index (χ2v) is 7.03. The highest BCUT2D eigenvalue weighted by atomic mass is 32.2. The number of rotatable bonds is 3. The highest BCUT2D eigenvalue weighted by Gasteiger charge is 2.34. The third-order valence-corrected chi connectivity index (χ3v) is 5.40. The van der Waals surface area contributed by atoms with E-state index in [2.05, 4.69) is 0 Å². The van der Waals surface area contributed by atoms with Gasteiger partial charge in [-0.1, -0.05) is 6.07 Å². The van der Waals surface area contributed by atoms with E-state index in [-0.39, 0.29) is 0 Å². The second kappa shape index (κ2) is 3.71. The van der Waals surface area contributed by atoms with Gasteiger partial charge in [0.25, 0.3) is 0 Å². The molecule has 1 aromatic carbocycles. The molecular weight excluding hydrogens is 236 g/mol. The summed E-state index contributed by atoms with van der Waals surface area (Å²) in [6.45, 7) is 0.986. The molecule has 92 valence electrons. The predicted molar refractivity (Wildman–Crippen MR) is 66.6 cm³/mol.